The molecule has 37 heteroatoms. The smallest absolute Gasteiger partial charge is 0.335 e. The summed E-state index contributed by atoms with van der Waals surface area (Å²) in [5, 5.41) is 155. The molecule has 388 valence electrons. The molecule has 0 aromatic carbocycles. The van der Waals surface area contributed by atoms with Crippen LogP contribution in [-0.4, -0.2) is 287 Å². The molecule has 5 aliphatic heterocycles. The van der Waals surface area contributed by atoms with Gasteiger partial charge in [0.05, 0.1) is 13.2 Å². The van der Waals surface area contributed by atoms with Crippen molar-refractivity contribution in [1.29, 1.82) is 0 Å². The normalized spacial score (nSPS) is 46.7. The Bertz CT molecular complexity index is 1950. The molecule has 5 saturated heterocycles. The first-order valence-electron chi connectivity index (χ1n) is 19.1. The average Bonchev–Trinajstić information content (AvgIpc) is 3.23. The molecule has 0 unspecified atom stereocenters. The molecule has 0 saturated carbocycles. The van der Waals surface area contributed by atoms with E-state index >= 15 is 0 Å². The van der Waals surface area contributed by atoms with E-state index in [4.69, 9.17) is 42.6 Å². The summed E-state index contributed by atoms with van der Waals surface area (Å²) in [6.07, 6.45) is -54.1. The van der Waals surface area contributed by atoms with Gasteiger partial charge >= 0.3 is 38.5 Å². The van der Waals surface area contributed by atoms with Crippen LogP contribution in [0.3, 0.4) is 0 Å². The first kappa shape index (κ1) is 55.2. The van der Waals surface area contributed by atoms with Gasteiger partial charge in [-0.25, -0.2) is 14.4 Å². The van der Waals surface area contributed by atoms with Gasteiger partial charge in [0, 0.05) is 0 Å². The van der Waals surface area contributed by atoms with E-state index in [1.807, 2.05) is 0 Å². The lowest BCUT2D eigenvalue weighted by Gasteiger charge is -2.49. The van der Waals surface area contributed by atoms with Crippen molar-refractivity contribution in [2.45, 2.75) is 153 Å². The third-order valence-corrected chi connectivity index (χ3v) is 12.0. The van der Waals surface area contributed by atoms with Gasteiger partial charge in [0.2, 0.25) is 0 Å². The lowest BCUT2D eigenvalue weighted by Crippen LogP contribution is -2.70. The highest BCUT2D eigenvalue weighted by Gasteiger charge is 2.59. The van der Waals surface area contributed by atoms with Crippen molar-refractivity contribution in [3.05, 3.63) is 0 Å². The quantitative estimate of drug-likeness (QED) is 0.0602. The number of carbonyl (C=O) groups is 3. The van der Waals surface area contributed by atoms with Crippen LogP contribution >= 0.6 is 0 Å². The molecule has 5 rings (SSSR count). The number of aliphatic hydroxyl groups excluding tert-OH is 12. The highest BCUT2D eigenvalue weighted by atomic mass is 32.2. The Labute approximate surface area is 373 Å². The van der Waals surface area contributed by atoms with Crippen LogP contribution in [0.4, 0.5) is 0 Å². The van der Waals surface area contributed by atoms with Crippen LogP contribution in [0, 0.1) is 0 Å². The minimum absolute atomic E-state index is 1.27. The van der Waals surface area contributed by atoms with E-state index in [1.165, 1.54) is 9.44 Å². The number of rotatable bonds is 17. The van der Waals surface area contributed by atoms with E-state index in [1.54, 1.807) is 0 Å². The molecule has 5 aliphatic rings. The van der Waals surface area contributed by atoms with E-state index in [9.17, 15) is 117 Å². The van der Waals surface area contributed by atoms with Crippen LogP contribution in [0.1, 0.15) is 0 Å². The van der Waals surface area contributed by atoms with Crippen molar-refractivity contribution in [2.75, 3.05) is 13.2 Å². The molecule has 0 aromatic rings. The highest BCUT2D eigenvalue weighted by Crippen LogP contribution is 2.36. The number of ether oxygens (including phenoxy) is 9. The molecule has 19 N–H and O–H groups in total. The standard InChI is InChI=1S/C30H48N2O33S2/c33-1-3-16(60-29-14(42)9(37)10(38)20(64-29)23(44)45)7(35)6(32-67(54,55)56)28(58-3)63-19-12(40)15(43)30(65-22(19)25(48)49)61-17-4(2-34)57-27(5(8(17)36)31-66(51,52)53)62-18-11(39)13(41)26(50)59-21(18)24(46)47/h3-22,26-43,50H,1-2H2,(H,44,45)(H,46,47)(H,48,49)(H,51,52,53)(H,54,55,56)/t3-,4-,5-,6-,7-,8-,9+,10+,11-,12-,13-,14-,15-,16-,17-,18+,19+,20-,21-,22+,26-,27-,28-,29-,30-/m1/s1. The van der Waals surface area contributed by atoms with Gasteiger partial charge in [0.1, 0.15) is 104 Å². The monoisotopic (exact) mass is 1030 g/mol. The highest BCUT2D eigenvalue weighted by molar-refractivity contribution is 7.84. The number of carboxylic acids is 3. The maximum atomic E-state index is 12.6. The van der Waals surface area contributed by atoms with Crippen molar-refractivity contribution in [3.63, 3.8) is 0 Å². The van der Waals surface area contributed by atoms with E-state index in [-0.39, 0.29) is 0 Å². The van der Waals surface area contributed by atoms with Crippen LogP contribution in [0.15, 0.2) is 0 Å². The maximum Gasteiger partial charge on any atom is 0.335 e. The first-order valence-corrected chi connectivity index (χ1v) is 22.0. The Morgan fingerprint density at radius 1 is 0.418 bits per heavy atom. The molecule has 35 nitrogen and oxygen atoms in total. The largest absolute Gasteiger partial charge is 0.479 e. The summed E-state index contributed by atoms with van der Waals surface area (Å²) < 4.78 is 118. The summed E-state index contributed by atoms with van der Waals surface area (Å²) in [6, 6.07) is -4.83. The Morgan fingerprint density at radius 3 is 1.13 bits per heavy atom. The molecule has 25 atom stereocenters. The van der Waals surface area contributed by atoms with Crippen LogP contribution in [0.2, 0.25) is 0 Å². The first-order chi connectivity index (χ1) is 31.0. The number of aliphatic carboxylic acids is 3. The van der Waals surface area contributed by atoms with Gasteiger partial charge in [0.15, 0.2) is 49.8 Å². The second kappa shape index (κ2) is 21.7. The Hall–Kier alpha value is -2.69. The molecule has 0 amide bonds. The number of hydrogen-bond donors (Lipinski definition) is 19. The predicted molar refractivity (Wildman–Crippen MR) is 193 cm³/mol. The number of aliphatic hydroxyl groups is 12. The molecular formula is C30H48N2O33S2. The molecule has 5 fully saturated rings. The summed E-state index contributed by atoms with van der Waals surface area (Å²) in [4.78, 5) is 36.0. The summed E-state index contributed by atoms with van der Waals surface area (Å²) in [6.45, 7) is -2.56. The van der Waals surface area contributed by atoms with Gasteiger partial charge < -0.3 is 119 Å². The lowest BCUT2D eigenvalue weighted by atomic mass is 9.94. The van der Waals surface area contributed by atoms with Gasteiger partial charge in [-0.05, 0) is 0 Å². The topological polar surface area (TPSA) is 571 Å². The molecule has 0 aromatic heterocycles. The predicted octanol–water partition coefficient (Wildman–Crippen LogP) is -12.8. The zero-order chi connectivity index (χ0) is 50.4. The molecule has 0 aliphatic carbocycles. The van der Waals surface area contributed by atoms with Crippen molar-refractivity contribution in [3.8, 4) is 0 Å². The van der Waals surface area contributed by atoms with Gasteiger partial charge in [-0.1, -0.05) is 0 Å². The molecule has 5 heterocycles. The minimum Gasteiger partial charge on any atom is -0.479 e. The van der Waals surface area contributed by atoms with Crippen LogP contribution in [0.25, 0.3) is 0 Å². The van der Waals surface area contributed by atoms with Crippen molar-refractivity contribution < 1.29 is 160 Å². The maximum absolute atomic E-state index is 12.6. The van der Waals surface area contributed by atoms with Crippen LogP contribution < -0.4 is 9.44 Å². The Balaban J connectivity index is 1.38. The zero-order valence-corrected chi connectivity index (χ0v) is 34.9. The average molecular weight is 1030 g/mol. The van der Waals surface area contributed by atoms with Crippen LogP contribution in [0.5, 0.6) is 0 Å². The van der Waals surface area contributed by atoms with Gasteiger partial charge in [0.25, 0.3) is 0 Å². The van der Waals surface area contributed by atoms with E-state index < -0.39 is 205 Å². The Kier molecular flexibility index (Phi) is 17.9. The number of nitrogens with one attached hydrogen (secondary N) is 2. The lowest BCUT2D eigenvalue weighted by molar-refractivity contribution is -0.375. The SMILES string of the molecule is O=C(O)[C@H]1O[C@@H](O[C@H]2[C@H](O)[C@@H](NS(=O)(=O)O)[C@@H](O[C@H]3[C@H](O)[C@@H](O)[C@H](O)O[C@H]3C(=O)O)O[C@@H]2CO)[C@H](O)[C@@H](O)[C@@H]1O[C@H]1O[C@H](CO)[C@@H](O[C@@H]2O[C@@H](C(=O)O)[C@@H](O)[C@H](O)[C@H]2O)[C@H](O)[C@H]1NS(=O)(=O)O. The second-order valence-corrected chi connectivity index (χ2v) is 17.7. The van der Waals surface area contributed by atoms with Gasteiger partial charge in [-0.2, -0.15) is 26.3 Å². The summed E-state index contributed by atoms with van der Waals surface area (Å²) in [7, 11) is -10.9. The molecule has 0 radical (unpaired) electrons. The molecular weight excluding hydrogens is 980 g/mol. The van der Waals surface area contributed by atoms with E-state index in [0.29, 0.717) is 0 Å². The van der Waals surface area contributed by atoms with Gasteiger partial charge in [-0.3, -0.25) is 9.11 Å². The third-order valence-electron chi connectivity index (χ3n) is 10.8. The molecule has 0 bridgehead atoms. The summed E-state index contributed by atoms with van der Waals surface area (Å²) >= 11 is 0. The second-order valence-electron chi connectivity index (χ2n) is 15.3. The van der Waals surface area contributed by atoms with E-state index in [2.05, 4.69) is 0 Å². The molecule has 67 heavy (non-hydrogen) atoms. The van der Waals surface area contributed by atoms with Crippen LogP contribution in [-0.2, 0) is 77.6 Å². The van der Waals surface area contributed by atoms with Crippen molar-refractivity contribution >= 4 is 38.5 Å². The third kappa shape index (κ3) is 12.3. The summed E-state index contributed by atoms with van der Waals surface area (Å²) in [5.41, 5.74) is 0. The zero-order valence-electron chi connectivity index (χ0n) is 33.3. The van der Waals surface area contributed by atoms with Crippen molar-refractivity contribution in [2.24, 2.45) is 0 Å². The minimum atomic E-state index is -5.48. The number of hydrogen-bond acceptors (Lipinski definition) is 28. The fraction of sp³-hybridized carbons (Fsp3) is 0.900. The van der Waals surface area contributed by atoms with Gasteiger partial charge in [-0.15, -0.1) is 0 Å². The fourth-order valence-electron chi connectivity index (χ4n) is 7.58. The summed E-state index contributed by atoms with van der Waals surface area (Å²) in [5.74, 6) is -5.93. The number of carboxylic acid groups (broad SMARTS) is 3. The molecule has 0 spiro atoms. The van der Waals surface area contributed by atoms with Crippen molar-refractivity contribution in [1.82, 2.24) is 9.44 Å². The van der Waals surface area contributed by atoms with E-state index in [0.717, 1.165) is 0 Å². The Morgan fingerprint density at radius 2 is 0.761 bits per heavy atom. The fourth-order valence-corrected chi connectivity index (χ4v) is 8.77.